The summed E-state index contributed by atoms with van der Waals surface area (Å²) in [4.78, 5) is 0. The maximum atomic E-state index is 13.7. The van der Waals surface area contributed by atoms with E-state index in [0.717, 1.165) is 89.8 Å². The lowest BCUT2D eigenvalue weighted by Crippen LogP contribution is -2.27. The van der Waals surface area contributed by atoms with Gasteiger partial charge in [0.1, 0.15) is 11.4 Å². The second kappa shape index (κ2) is 25.7. The van der Waals surface area contributed by atoms with Crippen molar-refractivity contribution < 1.29 is 19.7 Å². The van der Waals surface area contributed by atoms with Crippen molar-refractivity contribution in [2.45, 2.75) is 244 Å². The second-order valence-electron chi connectivity index (χ2n) is 36.7. The predicted octanol–water partition coefficient (Wildman–Crippen LogP) is 26.6. The van der Waals surface area contributed by atoms with Gasteiger partial charge in [0.15, 0.2) is 23.0 Å². The van der Waals surface area contributed by atoms with Crippen molar-refractivity contribution >= 4 is 66.8 Å². The highest BCUT2D eigenvalue weighted by atomic mass is 35.5. The van der Waals surface area contributed by atoms with Crippen LogP contribution in [0.1, 0.15) is 256 Å². The van der Waals surface area contributed by atoms with Gasteiger partial charge in [0.05, 0.1) is 35.3 Å². The standard InChI is InChI=1S/C89H112Cl2N2O4/c1-52(2)54-38-56(42-62(90)40-54)64-48-70(88(23,24)50-82(5,6)7)80(76(78(64)94)92-72-32-28-58(84(11,12)13)44-66(72)67-45-59(85(14,15)16)29-33-73(67)92)96-36-27-37-97-81-71(89(25,26)51-83(8,9)10)49-65(57-39-55(53(3)4)41-63(91)43-57)79(95)77(81)93-74-34-30-60(86(17,18)19)46-68(74)69-47-61(87(20,21)22)31-35-75(69)93/h28-35,38-49,52-53,94-95H,27,36-37,50-51H2,1-26H3. The summed E-state index contributed by atoms with van der Waals surface area (Å²) in [6, 6.07) is 44.1. The largest absolute Gasteiger partial charge is 0.505 e. The average molecular weight is 1340 g/mol. The zero-order valence-corrected chi connectivity index (χ0v) is 65.1. The molecule has 0 saturated heterocycles. The topological polar surface area (TPSA) is 68.8 Å². The van der Waals surface area contributed by atoms with Crippen molar-refractivity contribution in [1.82, 2.24) is 9.13 Å². The van der Waals surface area contributed by atoms with Crippen molar-refractivity contribution in [3.63, 3.8) is 0 Å². The monoisotopic (exact) mass is 1340 g/mol. The molecule has 0 unspecified atom stereocenters. The van der Waals surface area contributed by atoms with Crippen LogP contribution in [0.15, 0.2) is 121 Å². The average Bonchev–Trinajstić information content (AvgIpc) is 1.64. The van der Waals surface area contributed by atoms with Crippen molar-refractivity contribution in [1.29, 1.82) is 0 Å². The molecule has 0 aliphatic rings. The fourth-order valence-electron chi connectivity index (χ4n) is 15.3. The minimum Gasteiger partial charge on any atom is -0.505 e. The number of ether oxygens (including phenoxy) is 2. The van der Waals surface area contributed by atoms with Gasteiger partial charge in [-0.1, -0.05) is 240 Å². The first-order valence-electron chi connectivity index (χ1n) is 35.5. The summed E-state index contributed by atoms with van der Waals surface area (Å²) >= 11 is 14.2. The molecule has 0 atom stereocenters. The molecule has 516 valence electrons. The molecule has 2 N–H and O–H groups in total. The zero-order chi connectivity index (χ0) is 71.6. The van der Waals surface area contributed by atoms with Crippen LogP contribution in [0, 0.1) is 10.8 Å². The Kier molecular flexibility index (Phi) is 19.3. The second-order valence-corrected chi connectivity index (χ2v) is 37.6. The first-order valence-corrected chi connectivity index (χ1v) is 36.3. The van der Waals surface area contributed by atoms with Crippen molar-refractivity contribution in [3.8, 4) is 56.6 Å². The van der Waals surface area contributed by atoms with E-state index in [2.05, 4.69) is 286 Å². The lowest BCUT2D eigenvalue weighted by molar-refractivity contribution is 0.229. The minimum absolute atomic E-state index is 0.0891. The zero-order valence-electron chi connectivity index (χ0n) is 63.6. The Balaban J connectivity index is 1.23. The number of hydrogen-bond acceptors (Lipinski definition) is 4. The van der Waals surface area contributed by atoms with Gasteiger partial charge in [-0.2, -0.15) is 0 Å². The van der Waals surface area contributed by atoms with Crippen LogP contribution in [0.5, 0.6) is 23.0 Å². The molecule has 0 aliphatic heterocycles. The molecule has 8 aromatic carbocycles. The van der Waals surface area contributed by atoms with E-state index < -0.39 is 10.8 Å². The summed E-state index contributed by atoms with van der Waals surface area (Å²) in [7, 11) is 0. The SMILES string of the molecule is CC(C)c1cc(Cl)cc(-c2cc(C(C)(C)CC(C)(C)C)c(OCCCOc3c(C(C)(C)CC(C)(C)C)cc(-c4cc(Cl)cc(C(C)C)c4)c(O)c3-n3c4ccc(C(C)(C)C)cc4c4cc(C(C)(C)C)ccc43)c(-n3c4ccc(C(C)(C)C)cc4c4cc(C(C)(C)C)ccc43)c2O)c1. The summed E-state index contributed by atoms with van der Waals surface area (Å²) in [5.41, 5.74) is 15.5. The van der Waals surface area contributed by atoms with Crippen LogP contribution in [0.3, 0.4) is 0 Å². The van der Waals surface area contributed by atoms with E-state index in [1.807, 2.05) is 24.3 Å². The van der Waals surface area contributed by atoms with Gasteiger partial charge in [-0.25, -0.2) is 0 Å². The summed E-state index contributed by atoms with van der Waals surface area (Å²) in [6.45, 7) is 59.5. The van der Waals surface area contributed by atoms with Gasteiger partial charge in [0.2, 0.25) is 0 Å². The number of phenolic OH excluding ortho intramolecular Hbond substituents is 2. The number of benzene rings is 8. The number of hydrogen-bond donors (Lipinski definition) is 2. The molecular formula is C89H112Cl2N2O4. The van der Waals surface area contributed by atoms with Crippen molar-refractivity contribution in [2.24, 2.45) is 10.8 Å². The molecule has 0 aliphatic carbocycles. The molecular weight excluding hydrogens is 1230 g/mol. The molecule has 0 amide bonds. The molecule has 0 bridgehead atoms. The Morgan fingerprint density at radius 1 is 0.371 bits per heavy atom. The summed E-state index contributed by atoms with van der Waals surface area (Å²) in [6.07, 6.45) is 2.08. The molecule has 10 aromatic rings. The highest BCUT2D eigenvalue weighted by Crippen LogP contribution is 2.55. The first-order chi connectivity index (χ1) is 44.6. The van der Waals surface area contributed by atoms with Gasteiger partial charge in [-0.05, 0) is 197 Å². The predicted molar refractivity (Wildman–Crippen MR) is 419 cm³/mol. The molecule has 97 heavy (non-hydrogen) atoms. The van der Waals surface area contributed by atoms with Gasteiger partial charge < -0.3 is 28.8 Å². The molecule has 0 saturated carbocycles. The van der Waals surface area contributed by atoms with Crippen LogP contribution < -0.4 is 9.47 Å². The Labute approximate surface area is 592 Å². The lowest BCUT2D eigenvalue weighted by Gasteiger charge is -2.36. The smallest absolute Gasteiger partial charge is 0.151 e. The van der Waals surface area contributed by atoms with Gasteiger partial charge in [0, 0.05) is 60.3 Å². The molecule has 0 spiro atoms. The Morgan fingerprint density at radius 2 is 0.649 bits per heavy atom. The number of aromatic nitrogens is 2. The van der Waals surface area contributed by atoms with Crippen molar-refractivity contribution in [3.05, 3.63) is 176 Å². The van der Waals surface area contributed by atoms with Gasteiger partial charge in [-0.15, -0.1) is 0 Å². The van der Waals surface area contributed by atoms with E-state index in [4.69, 9.17) is 32.7 Å². The number of phenols is 2. The molecule has 6 nitrogen and oxygen atoms in total. The molecule has 0 radical (unpaired) electrons. The van der Waals surface area contributed by atoms with Crippen LogP contribution in [0.4, 0.5) is 0 Å². The first kappa shape index (κ1) is 72.9. The molecule has 2 heterocycles. The number of rotatable bonds is 16. The highest BCUT2D eigenvalue weighted by molar-refractivity contribution is 6.31. The maximum absolute atomic E-state index is 13.7. The third-order valence-electron chi connectivity index (χ3n) is 19.9. The van der Waals surface area contributed by atoms with E-state index in [1.54, 1.807) is 0 Å². The molecule has 8 heteroatoms. The van der Waals surface area contributed by atoms with E-state index in [-0.39, 0.29) is 69.0 Å². The molecule has 0 fully saturated rings. The van der Waals surface area contributed by atoms with E-state index in [9.17, 15) is 10.2 Å². The third-order valence-corrected chi connectivity index (χ3v) is 20.3. The quantitative estimate of drug-likeness (QED) is 0.0946. The van der Waals surface area contributed by atoms with Gasteiger partial charge in [-0.3, -0.25) is 0 Å². The fraction of sp³-hybridized carbons (Fsp3) is 0.461. The summed E-state index contributed by atoms with van der Waals surface area (Å²) < 4.78 is 19.7. The number of halogens is 2. The molecule has 10 rings (SSSR count). The van der Waals surface area contributed by atoms with Gasteiger partial charge >= 0.3 is 0 Å². The Bertz CT molecular complexity index is 4220. The van der Waals surface area contributed by atoms with Crippen molar-refractivity contribution in [2.75, 3.05) is 13.2 Å². The summed E-state index contributed by atoms with van der Waals surface area (Å²) in [5, 5.41) is 33.1. The van der Waals surface area contributed by atoms with Crippen LogP contribution in [0.2, 0.25) is 10.0 Å². The number of nitrogens with zero attached hydrogens (tertiary/aromatic N) is 2. The van der Waals surface area contributed by atoms with Crippen LogP contribution >= 0.6 is 23.2 Å². The van der Waals surface area contributed by atoms with Crippen LogP contribution in [-0.4, -0.2) is 32.6 Å². The normalized spacial score (nSPS) is 13.4. The number of aromatic hydroxyl groups is 2. The maximum Gasteiger partial charge on any atom is 0.151 e. The Hall–Kier alpha value is -6.86. The van der Waals surface area contributed by atoms with Crippen LogP contribution in [-0.2, 0) is 32.5 Å². The number of fused-ring (bicyclic) bond motifs is 6. The highest BCUT2D eigenvalue weighted by Gasteiger charge is 2.38. The van der Waals surface area contributed by atoms with Crippen LogP contribution in [0.25, 0.3) is 77.2 Å². The van der Waals surface area contributed by atoms with E-state index in [0.29, 0.717) is 50.5 Å². The van der Waals surface area contributed by atoms with E-state index >= 15 is 0 Å². The Morgan fingerprint density at radius 3 is 0.897 bits per heavy atom. The fourth-order valence-corrected chi connectivity index (χ4v) is 15.8. The summed E-state index contributed by atoms with van der Waals surface area (Å²) in [5.74, 6) is 1.84. The molecule has 2 aromatic heterocycles. The lowest BCUT2D eigenvalue weighted by atomic mass is 9.71. The third kappa shape index (κ3) is 14.9. The van der Waals surface area contributed by atoms with Gasteiger partial charge in [0.25, 0.3) is 0 Å². The minimum atomic E-state index is -0.484. The van der Waals surface area contributed by atoms with E-state index in [1.165, 1.54) is 22.3 Å².